The van der Waals surface area contributed by atoms with Crippen LogP contribution in [0.15, 0.2) is 85.0 Å². The van der Waals surface area contributed by atoms with Gasteiger partial charge in [-0.2, -0.15) is 0 Å². The zero-order valence-corrected chi connectivity index (χ0v) is 20.6. The van der Waals surface area contributed by atoms with Gasteiger partial charge in [0.2, 0.25) is 10.0 Å². The van der Waals surface area contributed by atoms with E-state index in [4.69, 9.17) is 15.6 Å². The van der Waals surface area contributed by atoms with Crippen LogP contribution < -0.4 is 21.5 Å². The number of esters is 1. The van der Waals surface area contributed by atoms with Crippen LogP contribution in [0, 0.1) is 0 Å². The van der Waals surface area contributed by atoms with Crippen LogP contribution in [-0.2, 0) is 26.0 Å². The molecule has 2 aromatic rings. The van der Waals surface area contributed by atoms with Crippen LogP contribution in [-0.4, -0.2) is 32.3 Å². The van der Waals surface area contributed by atoms with E-state index in [0.29, 0.717) is 33.6 Å². The molecule has 34 heavy (non-hydrogen) atoms. The number of hydrogen-bond acceptors (Lipinski definition) is 10. The van der Waals surface area contributed by atoms with Gasteiger partial charge >= 0.3 is 5.97 Å². The van der Waals surface area contributed by atoms with E-state index < -0.39 is 21.5 Å². The van der Waals surface area contributed by atoms with E-state index in [1.165, 1.54) is 35.7 Å². The molecule has 178 valence electrons. The monoisotopic (exact) mass is 517 g/mol. The summed E-state index contributed by atoms with van der Waals surface area (Å²) in [5.74, 6) is -0.0810. The Morgan fingerprint density at radius 1 is 1.18 bits per heavy atom. The van der Waals surface area contributed by atoms with Gasteiger partial charge in [-0.05, 0) is 36.8 Å². The fourth-order valence-corrected chi connectivity index (χ4v) is 6.03. The molecule has 2 aliphatic rings. The fourth-order valence-electron chi connectivity index (χ4n) is 3.26. The van der Waals surface area contributed by atoms with Crippen LogP contribution in [0.4, 0.5) is 5.69 Å². The van der Waals surface area contributed by atoms with Gasteiger partial charge < -0.3 is 21.1 Å². The van der Waals surface area contributed by atoms with Crippen molar-refractivity contribution in [3.63, 3.8) is 0 Å². The molecule has 0 saturated heterocycles. The van der Waals surface area contributed by atoms with Crippen molar-refractivity contribution in [3.8, 4) is 0 Å². The van der Waals surface area contributed by atoms with E-state index in [2.05, 4.69) is 15.6 Å². The smallest absolute Gasteiger partial charge is 0.355 e. The van der Waals surface area contributed by atoms with Crippen LogP contribution in [0.25, 0.3) is 0 Å². The van der Waals surface area contributed by atoms with Crippen LogP contribution in [0.3, 0.4) is 0 Å². The number of allylic oxidation sites excluding steroid dienone is 1. The molecule has 0 saturated carbocycles. The SMILES string of the molecule is CCOC(=O)C1=C(Cc2ccccc2)S/C(=C2/SC(Nc3ccc(S(N)(=O)=O)cc3)N=C2N)N1. The number of carbonyl (C=O) groups is 1. The third-order valence-corrected chi connectivity index (χ3v) is 8.09. The lowest BCUT2D eigenvalue weighted by molar-refractivity contribution is -0.138. The van der Waals surface area contributed by atoms with Crippen molar-refractivity contribution in [1.82, 2.24) is 5.32 Å². The second kappa shape index (κ2) is 10.1. The maximum Gasteiger partial charge on any atom is 0.355 e. The lowest BCUT2D eigenvalue weighted by Gasteiger charge is -2.11. The zero-order chi connectivity index (χ0) is 24.3. The van der Waals surface area contributed by atoms with Crippen LogP contribution in [0.5, 0.6) is 0 Å². The first-order valence-corrected chi connectivity index (χ1v) is 13.5. The minimum Gasteiger partial charge on any atom is -0.461 e. The van der Waals surface area contributed by atoms with Gasteiger partial charge in [0.05, 0.1) is 21.4 Å². The molecule has 2 heterocycles. The van der Waals surface area contributed by atoms with Crippen molar-refractivity contribution >= 4 is 51.0 Å². The van der Waals surface area contributed by atoms with Crippen molar-refractivity contribution in [2.24, 2.45) is 15.9 Å². The van der Waals surface area contributed by atoms with Gasteiger partial charge in [0.1, 0.15) is 11.5 Å². The molecule has 0 fully saturated rings. The highest BCUT2D eigenvalue weighted by molar-refractivity contribution is 8.10. The lowest BCUT2D eigenvalue weighted by atomic mass is 10.1. The molecule has 12 heteroatoms. The Labute approximate surface area is 206 Å². The molecule has 1 atom stereocenters. The summed E-state index contributed by atoms with van der Waals surface area (Å²) in [6.45, 7) is 2.04. The first-order valence-electron chi connectivity index (χ1n) is 10.3. The van der Waals surface area contributed by atoms with Gasteiger partial charge in [0.25, 0.3) is 0 Å². The summed E-state index contributed by atoms with van der Waals surface area (Å²) in [4.78, 5) is 18.6. The quantitative estimate of drug-likeness (QED) is 0.407. The first-order chi connectivity index (χ1) is 16.2. The molecular weight excluding hydrogens is 494 g/mol. The van der Waals surface area contributed by atoms with E-state index in [0.717, 1.165) is 10.5 Å². The summed E-state index contributed by atoms with van der Waals surface area (Å²) in [7, 11) is -3.76. The number of carbonyl (C=O) groups excluding carboxylic acids is 1. The van der Waals surface area contributed by atoms with Crippen LogP contribution >= 0.6 is 23.5 Å². The molecule has 0 aromatic heterocycles. The zero-order valence-electron chi connectivity index (χ0n) is 18.1. The maximum atomic E-state index is 12.6. The summed E-state index contributed by atoms with van der Waals surface area (Å²) in [6, 6.07) is 15.9. The van der Waals surface area contributed by atoms with Gasteiger partial charge in [0.15, 0.2) is 5.50 Å². The normalized spacial score (nSPS) is 20.2. The van der Waals surface area contributed by atoms with Crippen molar-refractivity contribution in [3.05, 3.63) is 80.7 Å². The number of amidine groups is 1. The summed E-state index contributed by atoms with van der Waals surface area (Å²) in [5, 5.41) is 12.2. The predicted octanol–water partition coefficient (Wildman–Crippen LogP) is 2.66. The Hall–Kier alpha value is -2.93. The molecule has 1 unspecified atom stereocenters. The highest BCUT2D eigenvalue weighted by Gasteiger charge is 2.32. The number of primary sulfonamides is 1. The largest absolute Gasteiger partial charge is 0.461 e. The average molecular weight is 518 g/mol. The molecule has 0 aliphatic carbocycles. The Kier molecular flexibility index (Phi) is 7.22. The molecule has 2 aromatic carbocycles. The van der Waals surface area contributed by atoms with Crippen LogP contribution in [0.1, 0.15) is 12.5 Å². The molecule has 4 rings (SSSR count). The molecule has 0 radical (unpaired) electrons. The number of ether oxygens (including phenoxy) is 1. The van der Waals surface area contributed by atoms with E-state index in [1.54, 1.807) is 19.1 Å². The summed E-state index contributed by atoms with van der Waals surface area (Å²) < 4.78 is 28.1. The molecule has 0 amide bonds. The van der Waals surface area contributed by atoms with Crippen molar-refractivity contribution < 1.29 is 17.9 Å². The molecule has 9 nitrogen and oxygen atoms in total. The Balaban J connectivity index is 1.51. The number of anilines is 1. The topological polar surface area (TPSA) is 149 Å². The number of rotatable bonds is 7. The van der Waals surface area contributed by atoms with Crippen LogP contribution in [0.2, 0.25) is 0 Å². The Bertz CT molecular complexity index is 1290. The molecule has 2 aliphatic heterocycles. The summed E-state index contributed by atoms with van der Waals surface area (Å²) >= 11 is 2.83. The number of benzene rings is 2. The minimum atomic E-state index is -3.76. The molecular formula is C22H23N5O4S3. The van der Waals surface area contributed by atoms with Gasteiger partial charge in [-0.25, -0.2) is 23.3 Å². The molecule has 6 N–H and O–H groups in total. The van der Waals surface area contributed by atoms with Crippen molar-refractivity contribution in [2.75, 3.05) is 11.9 Å². The highest BCUT2D eigenvalue weighted by atomic mass is 32.2. The number of thioether (sulfide) groups is 2. The summed E-state index contributed by atoms with van der Waals surface area (Å²) in [6.07, 6.45) is 0.573. The van der Waals surface area contributed by atoms with E-state index in [9.17, 15) is 13.2 Å². The third kappa shape index (κ3) is 5.58. The number of sulfonamides is 1. The average Bonchev–Trinajstić information content (AvgIpc) is 3.37. The minimum absolute atomic E-state index is 0.0259. The van der Waals surface area contributed by atoms with Gasteiger partial charge in [-0.15, -0.1) is 0 Å². The predicted molar refractivity (Wildman–Crippen MR) is 136 cm³/mol. The second-order valence-corrected chi connectivity index (χ2v) is 11.0. The van der Waals surface area contributed by atoms with Crippen molar-refractivity contribution in [1.29, 1.82) is 0 Å². The second-order valence-electron chi connectivity index (χ2n) is 7.26. The van der Waals surface area contributed by atoms with E-state index >= 15 is 0 Å². The fraction of sp³-hybridized carbons (Fsp3) is 0.182. The number of nitrogens with two attached hydrogens (primary N) is 2. The van der Waals surface area contributed by atoms with Gasteiger partial charge in [0, 0.05) is 17.0 Å². The van der Waals surface area contributed by atoms with Gasteiger partial charge in [-0.1, -0.05) is 53.9 Å². The Morgan fingerprint density at radius 3 is 2.53 bits per heavy atom. The standard InChI is InChI=1S/C22H23N5O4S3/c1-2-31-21(28)17-16(12-13-6-4-3-5-7-13)32-20(26-17)18-19(23)27-22(33-18)25-14-8-10-15(11-9-14)34(24,29)30/h3-11,22,25-26H,2,12H2,1H3,(H2,23,27)(H2,24,29,30)/b20-18+. The number of hydrogen-bond donors (Lipinski definition) is 4. The number of nitrogens with zero attached hydrogens (tertiary/aromatic N) is 1. The van der Waals surface area contributed by atoms with Gasteiger partial charge in [-0.3, -0.25) is 0 Å². The number of aliphatic imine (C=N–C) groups is 1. The third-order valence-electron chi connectivity index (χ3n) is 4.83. The highest BCUT2D eigenvalue weighted by Crippen LogP contribution is 2.43. The molecule has 0 spiro atoms. The molecule has 0 bridgehead atoms. The van der Waals surface area contributed by atoms with E-state index in [1.807, 2.05) is 30.3 Å². The lowest BCUT2D eigenvalue weighted by Crippen LogP contribution is -2.21. The summed E-state index contributed by atoms with van der Waals surface area (Å²) in [5.41, 5.74) is 7.93. The van der Waals surface area contributed by atoms with E-state index in [-0.39, 0.29) is 11.5 Å². The number of nitrogens with one attached hydrogen (secondary N) is 2. The first kappa shape index (κ1) is 24.2. The Morgan fingerprint density at radius 2 is 1.88 bits per heavy atom. The van der Waals surface area contributed by atoms with Crippen molar-refractivity contribution in [2.45, 2.75) is 23.7 Å². The maximum absolute atomic E-state index is 12.6.